The largest absolute Gasteiger partial charge is 0.0917 e. The molecule has 62 valence electrons. The topological polar surface area (TPSA) is 0 Å². The molecule has 0 nitrogen and oxygen atoms in total. The average molecular weight is 150 g/mol. The molecule has 0 amide bonds. The Labute approximate surface area is 72.5 Å². The summed E-state index contributed by atoms with van der Waals surface area (Å²) in [5.74, 6) is 1.44. The molecule has 0 fully saturated rings. The van der Waals surface area contributed by atoms with E-state index in [0.29, 0.717) is 5.92 Å². The van der Waals surface area contributed by atoms with Crippen LogP contribution in [0.3, 0.4) is 0 Å². The molecule has 0 bridgehead atoms. The number of rotatable bonds is 5. The van der Waals surface area contributed by atoms with Crippen LogP contribution in [-0.4, -0.2) is 7.85 Å². The van der Waals surface area contributed by atoms with E-state index in [9.17, 15) is 0 Å². The maximum absolute atomic E-state index is 5.63. The Kier molecular flexibility index (Phi) is 6.40. The molecule has 2 atom stereocenters. The minimum Gasteiger partial charge on any atom is -0.0917 e. The fraction of sp³-hybridized carbons (Fsp3) is 0.800. The maximum Gasteiger partial charge on any atom is 0.0656 e. The third-order valence-corrected chi connectivity index (χ3v) is 2.38. The Bertz CT molecular complexity index is 103. The summed E-state index contributed by atoms with van der Waals surface area (Å²) in [7, 11) is 5.63. The molecular formula is C10H19B. The summed E-state index contributed by atoms with van der Waals surface area (Å²) in [6.07, 6.45) is 7.54. The van der Waals surface area contributed by atoms with Gasteiger partial charge in [-0.15, -0.1) is 0 Å². The van der Waals surface area contributed by atoms with E-state index in [1.807, 2.05) is 0 Å². The van der Waals surface area contributed by atoms with Crippen LogP contribution in [0.15, 0.2) is 12.2 Å². The second kappa shape index (κ2) is 6.51. The van der Waals surface area contributed by atoms with Crippen LogP contribution in [0.2, 0.25) is 6.32 Å². The highest BCUT2D eigenvalue weighted by molar-refractivity contribution is 6.08. The highest BCUT2D eigenvalue weighted by Gasteiger charge is 2.10. The molecule has 0 heterocycles. The molecule has 0 saturated heterocycles. The lowest BCUT2D eigenvalue weighted by atomic mass is 9.79. The van der Waals surface area contributed by atoms with E-state index in [0.717, 1.165) is 12.2 Å². The van der Waals surface area contributed by atoms with Gasteiger partial charge in [0.1, 0.15) is 0 Å². The van der Waals surface area contributed by atoms with Gasteiger partial charge in [0.05, 0.1) is 7.85 Å². The van der Waals surface area contributed by atoms with E-state index in [1.54, 1.807) is 0 Å². The molecular weight excluding hydrogens is 131 g/mol. The molecule has 1 heteroatoms. The first-order chi connectivity index (χ1) is 5.26. The van der Waals surface area contributed by atoms with Gasteiger partial charge in [0.15, 0.2) is 0 Å². The zero-order valence-corrected chi connectivity index (χ0v) is 8.01. The predicted octanol–water partition coefficient (Wildman–Crippen LogP) is 3.20. The van der Waals surface area contributed by atoms with Crippen LogP contribution in [0, 0.1) is 11.8 Å². The first-order valence-electron chi connectivity index (χ1n) is 4.57. The first kappa shape index (κ1) is 10.8. The Morgan fingerprint density at radius 1 is 1.45 bits per heavy atom. The highest BCUT2D eigenvalue weighted by atomic mass is 14.1. The van der Waals surface area contributed by atoms with Crippen molar-refractivity contribution in [1.82, 2.24) is 0 Å². The second-order valence-corrected chi connectivity index (χ2v) is 3.19. The molecule has 0 spiro atoms. The molecule has 0 aromatic carbocycles. The van der Waals surface area contributed by atoms with Crippen LogP contribution in [0.25, 0.3) is 0 Å². The van der Waals surface area contributed by atoms with Crippen molar-refractivity contribution in [2.75, 3.05) is 0 Å². The van der Waals surface area contributed by atoms with E-state index in [2.05, 4.69) is 32.9 Å². The van der Waals surface area contributed by atoms with Crippen molar-refractivity contribution in [1.29, 1.82) is 0 Å². The van der Waals surface area contributed by atoms with Crippen molar-refractivity contribution in [3.63, 3.8) is 0 Å². The molecule has 0 saturated carbocycles. The Morgan fingerprint density at radius 3 is 2.45 bits per heavy atom. The van der Waals surface area contributed by atoms with Gasteiger partial charge in [-0.3, -0.25) is 0 Å². The summed E-state index contributed by atoms with van der Waals surface area (Å²) in [4.78, 5) is 0. The van der Waals surface area contributed by atoms with Crippen LogP contribution in [0.4, 0.5) is 0 Å². The van der Waals surface area contributed by atoms with Crippen molar-refractivity contribution in [3.8, 4) is 0 Å². The smallest absolute Gasteiger partial charge is 0.0656 e. The number of allylic oxidation sites excluding steroid dienone is 2. The van der Waals surface area contributed by atoms with Gasteiger partial charge in [-0.2, -0.15) is 0 Å². The fourth-order valence-corrected chi connectivity index (χ4v) is 1.34. The van der Waals surface area contributed by atoms with Crippen LogP contribution in [-0.2, 0) is 0 Å². The monoisotopic (exact) mass is 150 g/mol. The second-order valence-electron chi connectivity index (χ2n) is 3.19. The van der Waals surface area contributed by atoms with Crippen LogP contribution >= 0.6 is 0 Å². The van der Waals surface area contributed by atoms with E-state index in [1.165, 1.54) is 12.8 Å². The number of hydrogen-bond acceptors (Lipinski definition) is 0. The fourth-order valence-electron chi connectivity index (χ4n) is 1.34. The van der Waals surface area contributed by atoms with Crippen LogP contribution < -0.4 is 0 Å². The summed E-state index contributed by atoms with van der Waals surface area (Å²) in [5, 5.41) is 0. The van der Waals surface area contributed by atoms with Gasteiger partial charge >= 0.3 is 0 Å². The van der Waals surface area contributed by atoms with Crippen molar-refractivity contribution < 1.29 is 0 Å². The van der Waals surface area contributed by atoms with Gasteiger partial charge in [-0.25, -0.2) is 0 Å². The molecule has 2 radical (unpaired) electrons. The third kappa shape index (κ3) is 4.29. The minimum atomic E-state index is 0.700. The van der Waals surface area contributed by atoms with Crippen molar-refractivity contribution in [2.45, 2.75) is 39.9 Å². The van der Waals surface area contributed by atoms with Crippen molar-refractivity contribution in [3.05, 3.63) is 12.2 Å². The van der Waals surface area contributed by atoms with Crippen LogP contribution in [0.1, 0.15) is 33.6 Å². The molecule has 0 aliphatic carbocycles. The highest BCUT2D eigenvalue weighted by Crippen LogP contribution is 2.21. The van der Waals surface area contributed by atoms with Gasteiger partial charge in [0, 0.05) is 0 Å². The minimum absolute atomic E-state index is 0.700. The summed E-state index contributed by atoms with van der Waals surface area (Å²) in [6.45, 7) is 6.56. The third-order valence-electron chi connectivity index (χ3n) is 2.38. The maximum atomic E-state index is 5.63. The van der Waals surface area contributed by atoms with E-state index in [-0.39, 0.29) is 0 Å². The molecule has 0 aromatic rings. The molecule has 0 aliphatic heterocycles. The molecule has 0 N–H and O–H groups in total. The predicted molar refractivity (Wildman–Crippen MR) is 52.9 cm³/mol. The average Bonchev–Trinajstić information content (AvgIpc) is 2.03. The molecule has 0 rings (SSSR count). The standard InChI is InChI=1S/C10H19B/c1-4-6-7-9(3)10(5-2)8-11/h4,6,9-10H,5,7-8H2,1-3H3/b6-4-. The zero-order valence-electron chi connectivity index (χ0n) is 8.01. The summed E-state index contributed by atoms with van der Waals surface area (Å²) in [5.41, 5.74) is 0. The lowest BCUT2D eigenvalue weighted by Gasteiger charge is -2.19. The SMILES string of the molecule is [B]CC(CC)C(C)C/C=C\C. The summed E-state index contributed by atoms with van der Waals surface area (Å²) < 4.78 is 0. The van der Waals surface area contributed by atoms with Gasteiger partial charge in [-0.1, -0.05) is 38.7 Å². The van der Waals surface area contributed by atoms with E-state index in [4.69, 9.17) is 7.85 Å². The Balaban J connectivity index is 3.68. The molecule has 0 aliphatic rings. The number of hydrogen-bond donors (Lipinski definition) is 0. The molecule has 11 heavy (non-hydrogen) atoms. The van der Waals surface area contributed by atoms with Crippen molar-refractivity contribution >= 4 is 7.85 Å². The molecule has 2 unspecified atom stereocenters. The summed E-state index contributed by atoms with van der Waals surface area (Å²) in [6, 6.07) is 0. The van der Waals surface area contributed by atoms with E-state index >= 15 is 0 Å². The summed E-state index contributed by atoms with van der Waals surface area (Å²) >= 11 is 0. The van der Waals surface area contributed by atoms with Crippen LogP contribution in [0.5, 0.6) is 0 Å². The van der Waals surface area contributed by atoms with Gasteiger partial charge in [-0.05, 0) is 25.2 Å². The Morgan fingerprint density at radius 2 is 2.09 bits per heavy atom. The van der Waals surface area contributed by atoms with Crippen molar-refractivity contribution in [2.24, 2.45) is 11.8 Å². The van der Waals surface area contributed by atoms with Gasteiger partial charge < -0.3 is 0 Å². The zero-order chi connectivity index (χ0) is 8.69. The Hall–Kier alpha value is -0.195. The van der Waals surface area contributed by atoms with Gasteiger partial charge in [0.2, 0.25) is 0 Å². The van der Waals surface area contributed by atoms with E-state index < -0.39 is 0 Å². The normalized spacial score (nSPS) is 17.0. The lowest BCUT2D eigenvalue weighted by molar-refractivity contribution is 0.381. The van der Waals surface area contributed by atoms with Gasteiger partial charge in [0.25, 0.3) is 0 Å². The quantitative estimate of drug-likeness (QED) is 0.417. The lowest BCUT2D eigenvalue weighted by Crippen LogP contribution is -2.09. The first-order valence-corrected chi connectivity index (χ1v) is 4.57. The molecule has 0 aromatic heterocycles.